The Bertz CT molecular complexity index is 763. The first-order valence-electron chi connectivity index (χ1n) is 9.90. The molecule has 1 aliphatic heterocycles. The smallest absolute Gasteiger partial charge is 0.243 e. The highest BCUT2D eigenvalue weighted by Crippen LogP contribution is 2.18. The highest BCUT2D eigenvalue weighted by atomic mass is 32.2. The van der Waals surface area contributed by atoms with Crippen molar-refractivity contribution in [3.8, 4) is 0 Å². The number of amides is 1. The number of carbonyl (C=O) groups is 2. The van der Waals surface area contributed by atoms with Crippen molar-refractivity contribution in [3.05, 3.63) is 29.8 Å². The number of rotatable bonds is 9. The molecule has 28 heavy (non-hydrogen) atoms. The number of piperazine rings is 1. The first-order chi connectivity index (χ1) is 13.3. The number of nitrogens with zero attached hydrogens (tertiary/aromatic N) is 3. The summed E-state index contributed by atoms with van der Waals surface area (Å²) in [5.74, 6) is -0.0407. The molecule has 0 saturated carbocycles. The molecule has 1 amide bonds. The zero-order chi connectivity index (χ0) is 20.7. The van der Waals surface area contributed by atoms with Crippen molar-refractivity contribution < 1.29 is 18.0 Å². The predicted octanol–water partition coefficient (Wildman–Crippen LogP) is 1.84. The van der Waals surface area contributed by atoms with Gasteiger partial charge in [0.2, 0.25) is 15.9 Å². The summed E-state index contributed by atoms with van der Waals surface area (Å²) in [5.41, 5.74) is 0.484. The lowest BCUT2D eigenvalue weighted by Gasteiger charge is -2.35. The molecule has 8 heteroatoms. The second-order valence-electron chi connectivity index (χ2n) is 7.14. The van der Waals surface area contributed by atoms with Gasteiger partial charge in [0.1, 0.15) is 0 Å². The van der Waals surface area contributed by atoms with Crippen LogP contribution in [-0.4, -0.2) is 80.0 Å². The summed E-state index contributed by atoms with van der Waals surface area (Å²) in [7, 11) is -3.62. The van der Waals surface area contributed by atoms with Gasteiger partial charge in [-0.25, -0.2) is 8.42 Å². The SMILES string of the molecule is CCCN(CCC)CC(=O)N1CCN(S(=O)(=O)c2ccc(C(C)=O)cc2)CC1. The van der Waals surface area contributed by atoms with Crippen LogP contribution in [0.25, 0.3) is 0 Å². The van der Waals surface area contributed by atoms with Crippen LogP contribution in [0.5, 0.6) is 0 Å². The van der Waals surface area contributed by atoms with Crippen molar-refractivity contribution >= 4 is 21.7 Å². The fourth-order valence-corrected chi connectivity index (χ4v) is 4.80. The van der Waals surface area contributed by atoms with E-state index < -0.39 is 10.0 Å². The Morgan fingerprint density at radius 3 is 1.96 bits per heavy atom. The lowest BCUT2D eigenvalue weighted by Crippen LogP contribution is -2.52. The van der Waals surface area contributed by atoms with Gasteiger partial charge in [0.25, 0.3) is 0 Å². The molecule has 1 aromatic rings. The van der Waals surface area contributed by atoms with Crippen molar-refractivity contribution in [2.45, 2.75) is 38.5 Å². The molecule has 1 saturated heterocycles. The topological polar surface area (TPSA) is 78.0 Å². The van der Waals surface area contributed by atoms with Gasteiger partial charge in [0.05, 0.1) is 11.4 Å². The molecule has 1 aromatic carbocycles. The summed E-state index contributed by atoms with van der Waals surface area (Å²) >= 11 is 0. The van der Waals surface area contributed by atoms with Gasteiger partial charge in [-0.1, -0.05) is 26.0 Å². The summed E-state index contributed by atoms with van der Waals surface area (Å²) in [6, 6.07) is 6.00. The molecular weight excluding hydrogens is 378 g/mol. The van der Waals surface area contributed by atoms with Gasteiger partial charge >= 0.3 is 0 Å². The van der Waals surface area contributed by atoms with E-state index in [1.807, 2.05) is 0 Å². The number of Topliss-reactive ketones (excluding diaryl/α,β-unsaturated/α-hetero) is 1. The highest BCUT2D eigenvalue weighted by molar-refractivity contribution is 7.89. The van der Waals surface area contributed by atoms with E-state index in [1.54, 1.807) is 4.90 Å². The van der Waals surface area contributed by atoms with Gasteiger partial charge in [-0.05, 0) is 45.0 Å². The van der Waals surface area contributed by atoms with E-state index in [9.17, 15) is 18.0 Å². The molecule has 0 N–H and O–H groups in total. The summed E-state index contributed by atoms with van der Waals surface area (Å²) < 4.78 is 27.1. The number of carbonyl (C=O) groups excluding carboxylic acids is 2. The van der Waals surface area contributed by atoms with Gasteiger partial charge in [-0.15, -0.1) is 0 Å². The second-order valence-corrected chi connectivity index (χ2v) is 9.08. The largest absolute Gasteiger partial charge is 0.339 e. The fourth-order valence-electron chi connectivity index (χ4n) is 3.38. The van der Waals surface area contributed by atoms with Gasteiger partial charge in [0.15, 0.2) is 5.78 Å². The molecule has 1 aliphatic rings. The monoisotopic (exact) mass is 409 g/mol. The number of benzene rings is 1. The van der Waals surface area contributed by atoms with Crippen LogP contribution < -0.4 is 0 Å². The molecule has 0 unspecified atom stereocenters. The van der Waals surface area contributed by atoms with Gasteiger partial charge < -0.3 is 4.90 Å². The summed E-state index contributed by atoms with van der Waals surface area (Å²) in [6.45, 7) is 9.18. The Kier molecular flexibility index (Phi) is 8.15. The molecule has 7 nitrogen and oxygen atoms in total. The second kappa shape index (κ2) is 10.1. The predicted molar refractivity (Wildman–Crippen MR) is 109 cm³/mol. The first kappa shape index (κ1) is 22.5. The van der Waals surface area contributed by atoms with Crippen molar-refractivity contribution in [2.75, 3.05) is 45.8 Å². The number of hydrogen-bond donors (Lipinski definition) is 0. The third kappa shape index (κ3) is 5.62. The van der Waals surface area contributed by atoms with Crippen LogP contribution in [0.4, 0.5) is 0 Å². The fraction of sp³-hybridized carbons (Fsp3) is 0.600. The van der Waals surface area contributed by atoms with Crippen molar-refractivity contribution in [1.29, 1.82) is 0 Å². The average Bonchev–Trinajstić information content (AvgIpc) is 2.68. The Labute approximate surface area is 168 Å². The normalized spacial score (nSPS) is 15.8. The van der Waals surface area contributed by atoms with E-state index in [4.69, 9.17) is 0 Å². The lowest BCUT2D eigenvalue weighted by molar-refractivity contribution is -0.133. The van der Waals surface area contributed by atoms with Crippen LogP contribution in [-0.2, 0) is 14.8 Å². The van der Waals surface area contributed by atoms with E-state index in [1.165, 1.54) is 35.5 Å². The number of sulfonamides is 1. The van der Waals surface area contributed by atoms with Gasteiger partial charge in [0, 0.05) is 31.7 Å². The number of hydrogen-bond acceptors (Lipinski definition) is 5. The quantitative estimate of drug-likeness (QED) is 0.582. The zero-order valence-electron chi connectivity index (χ0n) is 17.1. The molecule has 0 aliphatic carbocycles. The maximum absolute atomic E-state index is 12.8. The third-order valence-electron chi connectivity index (χ3n) is 4.93. The average molecular weight is 410 g/mol. The molecule has 1 fully saturated rings. The molecule has 0 aromatic heterocycles. The molecular formula is C20H31N3O4S. The van der Waals surface area contributed by atoms with Gasteiger partial charge in [-0.2, -0.15) is 4.31 Å². The van der Waals surface area contributed by atoms with E-state index >= 15 is 0 Å². The molecule has 156 valence electrons. The van der Waals surface area contributed by atoms with Crippen LogP contribution in [0.3, 0.4) is 0 Å². The van der Waals surface area contributed by atoms with Crippen LogP contribution in [0, 0.1) is 0 Å². The van der Waals surface area contributed by atoms with E-state index in [0.717, 1.165) is 25.9 Å². The van der Waals surface area contributed by atoms with Crippen LogP contribution >= 0.6 is 0 Å². The van der Waals surface area contributed by atoms with E-state index in [0.29, 0.717) is 25.2 Å². The Hall–Kier alpha value is -1.77. The van der Waals surface area contributed by atoms with Crippen molar-refractivity contribution in [2.24, 2.45) is 0 Å². The standard InChI is InChI=1S/C20H31N3O4S/c1-4-10-21(11-5-2)16-20(25)22-12-14-23(15-13-22)28(26,27)19-8-6-18(7-9-19)17(3)24/h6-9H,4-5,10-16H2,1-3H3. The summed E-state index contributed by atoms with van der Waals surface area (Å²) in [6.07, 6.45) is 2.00. The van der Waals surface area contributed by atoms with Crippen LogP contribution in [0.1, 0.15) is 44.0 Å². The Morgan fingerprint density at radius 2 is 1.50 bits per heavy atom. The minimum absolute atomic E-state index is 0.0600. The molecule has 2 rings (SSSR count). The van der Waals surface area contributed by atoms with Gasteiger partial charge in [-0.3, -0.25) is 14.5 Å². The van der Waals surface area contributed by atoms with Crippen molar-refractivity contribution in [3.63, 3.8) is 0 Å². The maximum Gasteiger partial charge on any atom is 0.243 e. The molecule has 0 radical (unpaired) electrons. The van der Waals surface area contributed by atoms with Crippen LogP contribution in [0.2, 0.25) is 0 Å². The molecule has 0 spiro atoms. The zero-order valence-corrected chi connectivity index (χ0v) is 17.9. The van der Waals surface area contributed by atoms with E-state index in [-0.39, 0.29) is 29.7 Å². The highest BCUT2D eigenvalue weighted by Gasteiger charge is 2.30. The Balaban J connectivity index is 1.96. The molecule has 0 bridgehead atoms. The molecule has 1 heterocycles. The Morgan fingerprint density at radius 1 is 0.964 bits per heavy atom. The third-order valence-corrected chi connectivity index (χ3v) is 6.84. The minimum Gasteiger partial charge on any atom is -0.339 e. The minimum atomic E-state index is -3.62. The molecule has 0 atom stereocenters. The van der Waals surface area contributed by atoms with E-state index in [2.05, 4.69) is 18.7 Å². The van der Waals surface area contributed by atoms with Crippen molar-refractivity contribution in [1.82, 2.24) is 14.1 Å². The van der Waals surface area contributed by atoms with Crippen LogP contribution in [0.15, 0.2) is 29.2 Å². The first-order valence-corrected chi connectivity index (χ1v) is 11.3. The summed E-state index contributed by atoms with van der Waals surface area (Å²) in [5, 5.41) is 0. The maximum atomic E-state index is 12.8. The summed E-state index contributed by atoms with van der Waals surface area (Å²) in [4.78, 5) is 28.0. The lowest BCUT2D eigenvalue weighted by atomic mass is 10.2. The number of ketones is 1.